The number of amides is 1. The lowest BCUT2D eigenvalue weighted by Gasteiger charge is -2.05. The smallest absolute Gasteiger partial charge is 0.275 e. The Labute approximate surface area is 184 Å². The number of ether oxygens (including phenoxy) is 1. The van der Waals surface area contributed by atoms with Gasteiger partial charge in [0.15, 0.2) is 0 Å². The van der Waals surface area contributed by atoms with Crippen molar-refractivity contribution in [3.8, 4) is 11.5 Å². The maximum atomic E-state index is 12.4. The first-order valence-electron chi connectivity index (χ1n) is 9.58. The van der Waals surface area contributed by atoms with Crippen LogP contribution >= 0.6 is 11.6 Å². The van der Waals surface area contributed by atoms with Crippen molar-refractivity contribution in [1.29, 1.82) is 0 Å². The molecule has 0 aliphatic rings. The number of halogens is 1. The average Bonchev–Trinajstić information content (AvgIpc) is 3.12. The number of hydrazone groups is 1. The highest BCUT2D eigenvalue weighted by Gasteiger charge is 2.12. The van der Waals surface area contributed by atoms with Crippen molar-refractivity contribution >= 4 is 34.6 Å². The SMILES string of the molecule is COc1ccc(C(=O)N/N=C\c2cn(Cc3ccc(Cl)cc3)c3ccccc23)c(O)c1. The molecule has 0 aliphatic heterocycles. The number of fused-ring (bicyclic) bond motifs is 1. The van der Waals surface area contributed by atoms with E-state index >= 15 is 0 Å². The number of aromatic hydroxyl groups is 1. The highest BCUT2D eigenvalue weighted by Crippen LogP contribution is 2.24. The van der Waals surface area contributed by atoms with E-state index in [-0.39, 0.29) is 11.3 Å². The molecular weight excluding hydrogens is 414 g/mol. The largest absolute Gasteiger partial charge is 0.507 e. The quantitative estimate of drug-likeness (QED) is 0.338. The normalized spacial score (nSPS) is 11.2. The first-order chi connectivity index (χ1) is 15.0. The Morgan fingerprint density at radius 2 is 1.94 bits per heavy atom. The molecule has 4 aromatic rings. The summed E-state index contributed by atoms with van der Waals surface area (Å²) < 4.78 is 7.15. The van der Waals surface area contributed by atoms with Crippen LogP contribution in [0.4, 0.5) is 0 Å². The molecule has 31 heavy (non-hydrogen) atoms. The van der Waals surface area contributed by atoms with Gasteiger partial charge in [0.1, 0.15) is 11.5 Å². The van der Waals surface area contributed by atoms with E-state index in [0.717, 1.165) is 22.0 Å². The maximum Gasteiger partial charge on any atom is 0.275 e. The first kappa shape index (κ1) is 20.5. The zero-order valence-corrected chi connectivity index (χ0v) is 17.5. The highest BCUT2D eigenvalue weighted by molar-refractivity contribution is 6.30. The second-order valence-electron chi connectivity index (χ2n) is 6.94. The number of hydrogen-bond donors (Lipinski definition) is 2. The molecule has 0 atom stereocenters. The van der Waals surface area contributed by atoms with Crippen molar-refractivity contribution in [2.24, 2.45) is 5.10 Å². The number of carbonyl (C=O) groups is 1. The summed E-state index contributed by atoms with van der Waals surface area (Å²) in [7, 11) is 1.49. The molecule has 1 amide bonds. The summed E-state index contributed by atoms with van der Waals surface area (Å²) >= 11 is 5.99. The summed E-state index contributed by atoms with van der Waals surface area (Å²) in [5.41, 5.74) is 5.62. The number of phenols is 1. The van der Waals surface area contributed by atoms with Crippen LogP contribution in [0.2, 0.25) is 5.02 Å². The topological polar surface area (TPSA) is 75.8 Å². The van der Waals surface area contributed by atoms with Crippen LogP contribution in [0.5, 0.6) is 11.5 Å². The van der Waals surface area contributed by atoms with Crippen molar-refractivity contribution in [2.75, 3.05) is 7.11 Å². The monoisotopic (exact) mass is 433 g/mol. The number of rotatable bonds is 6. The van der Waals surface area contributed by atoms with E-state index in [0.29, 0.717) is 17.3 Å². The van der Waals surface area contributed by atoms with Gasteiger partial charge in [0.05, 0.1) is 18.9 Å². The Morgan fingerprint density at radius 1 is 1.16 bits per heavy atom. The van der Waals surface area contributed by atoms with Gasteiger partial charge in [-0.3, -0.25) is 4.79 Å². The molecule has 0 spiro atoms. The third kappa shape index (κ3) is 4.54. The van der Waals surface area contributed by atoms with Gasteiger partial charge in [0, 0.05) is 40.3 Å². The molecule has 0 unspecified atom stereocenters. The van der Waals surface area contributed by atoms with Crippen LogP contribution in [0.3, 0.4) is 0 Å². The highest BCUT2D eigenvalue weighted by atomic mass is 35.5. The molecule has 0 saturated carbocycles. The average molecular weight is 434 g/mol. The van der Waals surface area contributed by atoms with Gasteiger partial charge < -0.3 is 14.4 Å². The van der Waals surface area contributed by atoms with Gasteiger partial charge in [0.2, 0.25) is 0 Å². The molecule has 0 aliphatic carbocycles. The molecule has 1 aromatic heterocycles. The van der Waals surface area contributed by atoms with E-state index in [1.807, 2.05) is 54.7 Å². The summed E-state index contributed by atoms with van der Waals surface area (Å²) in [5, 5.41) is 15.8. The van der Waals surface area contributed by atoms with Crippen LogP contribution in [-0.4, -0.2) is 28.9 Å². The van der Waals surface area contributed by atoms with Crippen LogP contribution in [0.15, 0.2) is 78.0 Å². The van der Waals surface area contributed by atoms with Gasteiger partial charge in [-0.25, -0.2) is 5.43 Å². The van der Waals surface area contributed by atoms with E-state index in [1.54, 1.807) is 12.3 Å². The lowest BCUT2D eigenvalue weighted by molar-refractivity contribution is 0.0952. The minimum Gasteiger partial charge on any atom is -0.507 e. The number of nitrogens with one attached hydrogen (secondary N) is 1. The zero-order chi connectivity index (χ0) is 21.8. The van der Waals surface area contributed by atoms with Gasteiger partial charge in [-0.1, -0.05) is 41.9 Å². The third-order valence-electron chi connectivity index (χ3n) is 4.90. The Kier molecular flexibility index (Phi) is 5.91. The van der Waals surface area contributed by atoms with Crippen molar-refractivity contribution in [2.45, 2.75) is 6.54 Å². The molecule has 156 valence electrons. The molecule has 0 bridgehead atoms. The molecule has 1 heterocycles. The van der Waals surface area contributed by atoms with Gasteiger partial charge in [-0.2, -0.15) is 5.10 Å². The summed E-state index contributed by atoms with van der Waals surface area (Å²) in [4.78, 5) is 12.4. The second kappa shape index (κ2) is 8.93. The number of nitrogens with zero attached hydrogens (tertiary/aromatic N) is 2. The summed E-state index contributed by atoms with van der Waals surface area (Å²) in [6.07, 6.45) is 3.58. The van der Waals surface area contributed by atoms with Crippen LogP contribution in [0.1, 0.15) is 21.5 Å². The molecule has 3 aromatic carbocycles. The Bertz CT molecular complexity index is 1260. The van der Waals surface area contributed by atoms with Crippen molar-refractivity contribution < 1.29 is 14.6 Å². The summed E-state index contributed by atoms with van der Waals surface area (Å²) in [5.74, 6) is -0.223. The predicted molar refractivity (Wildman–Crippen MR) is 122 cm³/mol. The Morgan fingerprint density at radius 3 is 2.68 bits per heavy atom. The molecule has 7 heteroatoms. The third-order valence-corrected chi connectivity index (χ3v) is 5.16. The van der Waals surface area contributed by atoms with Crippen LogP contribution in [0, 0.1) is 0 Å². The van der Waals surface area contributed by atoms with Gasteiger partial charge in [-0.05, 0) is 35.9 Å². The van der Waals surface area contributed by atoms with E-state index in [1.165, 1.54) is 19.2 Å². The fourth-order valence-corrected chi connectivity index (χ4v) is 3.47. The molecule has 2 N–H and O–H groups in total. The lowest BCUT2D eigenvalue weighted by atomic mass is 10.2. The van der Waals surface area contributed by atoms with Crippen LogP contribution in [-0.2, 0) is 6.54 Å². The van der Waals surface area contributed by atoms with Crippen molar-refractivity contribution in [3.05, 3.63) is 94.6 Å². The van der Waals surface area contributed by atoms with E-state index < -0.39 is 5.91 Å². The van der Waals surface area contributed by atoms with E-state index in [2.05, 4.69) is 15.1 Å². The fraction of sp³-hybridized carbons (Fsp3) is 0.0833. The number of methoxy groups -OCH3 is 1. The van der Waals surface area contributed by atoms with E-state index in [9.17, 15) is 9.90 Å². The standard InChI is InChI=1S/C24H20ClN3O3/c1-31-19-10-11-21(23(29)12-19)24(30)27-26-13-17-15-28(22-5-3-2-4-20(17)22)14-16-6-8-18(25)9-7-16/h2-13,15,29H,14H2,1H3,(H,27,30)/b26-13-. The van der Waals surface area contributed by atoms with Crippen molar-refractivity contribution in [1.82, 2.24) is 9.99 Å². The summed E-state index contributed by atoms with van der Waals surface area (Å²) in [6, 6.07) is 20.2. The zero-order valence-electron chi connectivity index (χ0n) is 16.7. The minimum absolute atomic E-state index is 0.114. The summed E-state index contributed by atoms with van der Waals surface area (Å²) in [6.45, 7) is 0.678. The van der Waals surface area contributed by atoms with E-state index in [4.69, 9.17) is 16.3 Å². The number of para-hydroxylation sites is 1. The molecule has 6 nitrogen and oxygen atoms in total. The van der Waals surface area contributed by atoms with Gasteiger partial charge in [0.25, 0.3) is 5.91 Å². The molecule has 0 saturated heterocycles. The van der Waals surface area contributed by atoms with Crippen molar-refractivity contribution in [3.63, 3.8) is 0 Å². The van der Waals surface area contributed by atoms with Crippen LogP contribution < -0.4 is 10.2 Å². The molecule has 4 rings (SSSR count). The number of hydrogen-bond acceptors (Lipinski definition) is 4. The van der Waals surface area contributed by atoms with Crippen LogP contribution in [0.25, 0.3) is 10.9 Å². The first-order valence-corrected chi connectivity index (χ1v) is 9.95. The minimum atomic E-state index is -0.513. The molecule has 0 radical (unpaired) electrons. The van der Waals surface area contributed by atoms with Gasteiger partial charge >= 0.3 is 0 Å². The predicted octanol–water partition coefficient (Wildman–Crippen LogP) is 4.82. The maximum absolute atomic E-state index is 12.4. The second-order valence-corrected chi connectivity index (χ2v) is 7.37. The number of aromatic nitrogens is 1. The Balaban J connectivity index is 1.55. The number of carbonyl (C=O) groups excluding carboxylic acids is 1. The fourth-order valence-electron chi connectivity index (χ4n) is 3.35. The number of phenolic OH excluding ortho intramolecular Hbond substituents is 1. The molecular formula is C24H20ClN3O3. The lowest BCUT2D eigenvalue weighted by Crippen LogP contribution is -2.17. The Hall–Kier alpha value is -3.77. The van der Waals surface area contributed by atoms with Gasteiger partial charge in [-0.15, -0.1) is 0 Å². The number of benzene rings is 3. The molecule has 0 fully saturated rings.